The van der Waals surface area contributed by atoms with Crippen molar-refractivity contribution in [3.63, 3.8) is 0 Å². The average molecular weight is 349 g/mol. The van der Waals surface area contributed by atoms with Gasteiger partial charge in [0.2, 0.25) is 11.8 Å². The first-order chi connectivity index (χ1) is 11.9. The normalized spacial score (nSPS) is 20.2. The minimum Gasteiger partial charge on any atom is -0.354 e. The number of hydrogen-bond donors (Lipinski definition) is 2. The number of carbonyl (C=O) groups is 3. The van der Waals surface area contributed by atoms with Gasteiger partial charge in [-0.1, -0.05) is 18.0 Å². The van der Waals surface area contributed by atoms with Crippen LogP contribution in [0, 0.1) is 0 Å². The Morgan fingerprint density at radius 2 is 2.08 bits per heavy atom. The zero-order valence-corrected chi connectivity index (χ0v) is 14.5. The van der Waals surface area contributed by atoms with Crippen LogP contribution in [0.25, 0.3) is 0 Å². The number of nitrogens with zero attached hydrogens (tertiary/aromatic N) is 3. The van der Waals surface area contributed by atoms with Gasteiger partial charge in [-0.15, -0.1) is 0 Å². The highest BCUT2D eigenvalue weighted by Crippen LogP contribution is 2.32. The smallest absolute Gasteiger partial charge is 0.325 e. The van der Waals surface area contributed by atoms with Gasteiger partial charge >= 0.3 is 6.03 Å². The number of imide groups is 1. The van der Waals surface area contributed by atoms with Crippen molar-refractivity contribution in [1.82, 2.24) is 25.7 Å². The minimum absolute atomic E-state index is 0.298. The summed E-state index contributed by atoms with van der Waals surface area (Å²) in [6.45, 7) is 3.22. The molecular weight excluding hydrogens is 326 g/mol. The van der Waals surface area contributed by atoms with Crippen LogP contribution >= 0.6 is 0 Å². The van der Waals surface area contributed by atoms with E-state index >= 15 is 0 Å². The van der Waals surface area contributed by atoms with Gasteiger partial charge in [-0.25, -0.2) is 4.79 Å². The fourth-order valence-corrected chi connectivity index (χ4v) is 3.18. The first kappa shape index (κ1) is 17.4. The van der Waals surface area contributed by atoms with Crippen LogP contribution in [0.2, 0.25) is 0 Å². The summed E-state index contributed by atoms with van der Waals surface area (Å²) in [6.07, 6.45) is 4.99. The minimum atomic E-state index is -0.974. The maximum atomic E-state index is 12.0. The van der Waals surface area contributed by atoms with Crippen molar-refractivity contribution >= 4 is 17.8 Å². The Morgan fingerprint density at radius 3 is 2.72 bits per heavy atom. The first-order valence-corrected chi connectivity index (χ1v) is 8.60. The summed E-state index contributed by atoms with van der Waals surface area (Å²) in [5, 5.41) is 9.14. The Balaban J connectivity index is 1.44. The molecule has 9 heteroatoms. The van der Waals surface area contributed by atoms with Crippen molar-refractivity contribution in [2.24, 2.45) is 0 Å². The lowest BCUT2D eigenvalue weighted by Gasteiger charge is -2.15. The van der Waals surface area contributed by atoms with Gasteiger partial charge in [-0.2, -0.15) is 4.98 Å². The van der Waals surface area contributed by atoms with Crippen molar-refractivity contribution in [1.29, 1.82) is 0 Å². The van der Waals surface area contributed by atoms with E-state index in [0.29, 0.717) is 30.6 Å². The van der Waals surface area contributed by atoms with Gasteiger partial charge in [-0.05, 0) is 26.7 Å². The van der Waals surface area contributed by atoms with Crippen molar-refractivity contribution in [3.8, 4) is 0 Å². The Hall–Kier alpha value is -2.45. The molecule has 2 fully saturated rings. The molecule has 0 atom stereocenters. The molecule has 0 spiro atoms. The van der Waals surface area contributed by atoms with E-state index in [9.17, 15) is 14.4 Å². The Kier molecular flexibility index (Phi) is 4.73. The second-order valence-electron chi connectivity index (χ2n) is 7.08. The molecular formula is C16H23N5O4. The van der Waals surface area contributed by atoms with Crippen molar-refractivity contribution < 1.29 is 18.9 Å². The molecule has 0 unspecified atom stereocenters. The summed E-state index contributed by atoms with van der Waals surface area (Å²) in [7, 11) is 0. The maximum Gasteiger partial charge on any atom is 0.325 e. The van der Waals surface area contributed by atoms with Gasteiger partial charge in [0.05, 0.1) is 0 Å². The van der Waals surface area contributed by atoms with Crippen LogP contribution in [0.5, 0.6) is 0 Å². The van der Waals surface area contributed by atoms with Crippen LogP contribution in [0.15, 0.2) is 4.52 Å². The van der Waals surface area contributed by atoms with E-state index < -0.39 is 23.4 Å². The molecule has 9 nitrogen and oxygen atoms in total. The van der Waals surface area contributed by atoms with Crippen molar-refractivity contribution in [2.45, 2.75) is 57.4 Å². The SMILES string of the molecule is CC1(C)NC(=O)N(CC(=O)NCCc2noc(C3CCCC3)n2)C1=O. The van der Waals surface area contributed by atoms with E-state index in [1.165, 1.54) is 12.8 Å². The molecule has 2 aliphatic rings. The second kappa shape index (κ2) is 6.81. The Labute approximate surface area is 145 Å². The third kappa shape index (κ3) is 3.80. The van der Waals surface area contributed by atoms with Gasteiger partial charge in [0.15, 0.2) is 5.82 Å². The van der Waals surface area contributed by atoms with Gasteiger partial charge in [0, 0.05) is 18.9 Å². The van der Waals surface area contributed by atoms with E-state index in [2.05, 4.69) is 20.8 Å². The van der Waals surface area contributed by atoms with Crippen LogP contribution in [0.4, 0.5) is 4.79 Å². The number of aromatic nitrogens is 2. The quantitative estimate of drug-likeness (QED) is 0.731. The molecule has 0 bridgehead atoms. The monoisotopic (exact) mass is 349 g/mol. The standard InChI is InChI=1S/C16H23N5O4/c1-16(2)14(23)21(15(24)19-16)9-12(22)17-8-7-11-18-13(25-20-11)10-5-3-4-6-10/h10H,3-9H2,1-2H3,(H,17,22)(H,19,24). The molecule has 0 radical (unpaired) electrons. The summed E-state index contributed by atoms with van der Waals surface area (Å²) >= 11 is 0. The number of urea groups is 1. The average Bonchev–Trinajstić information content (AvgIpc) is 3.25. The first-order valence-electron chi connectivity index (χ1n) is 8.60. The number of carbonyl (C=O) groups excluding carboxylic acids is 3. The van der Waals surface area contributed by atoms with Crippen LogP contribution < -0.4 is 10.6 Å². The Bertz CT molecular complexity index is 678. The molecule has 136 valence electrons. The van der Waals surface area contributed by atoms with Gasteiger partial charge in [0.25, 0.3) is 5.91 Å². The van der Waals surface area contributed by atoms with Crippen molar-refractivity contribution in [2.75, 3.05) is 13.1 Å². The van der Waals surface area contributed by atoms with E-state index in [0.717, 1.165) is 17.7 Å². The predicted octanol–water partition coefficient (Wildman–Crippen LogP) is 0.716. The van der Waals surface area contributed by atoms with Gasteiger partial charge < -0.3 is 15.2 Å². The number of amides is 4. The van der Waals surface area contributed by atoms with Gasteiger partial charge in [0.1, 0.15) is 12.1 Å². The number of nitrogens with one attached hydrogen (secondary N) is 2. The number of hydrogen-bond acceptors (Lipinski definition) is 6. The number of rotatable bonds is 6. The molecule has 1 aliphatic heterocycles. The maximum absolute atomic E-state index is 12.0. The highest BCUT2D eigenvalue weighted by Gasteiger charge is 2.44. The largest absolute Gasteiger partial charge is 0.354 e. The molecule has 2 N–H and O–H groups in total. The van der Waals surface area contributed by atoms with Crippen LogP contribution in [0.1, 0.15) is 57.2 Å². The molecule has 1 saturated carbocycles. The third-order valence-electron chi connectivity index (χ3n) is 4.61. The fraction of sp³-hybridized carbons (Fsp3) is 0.688. The van der Waals surface area contributed by atoms with E-state index in [1.54, 1.807) is 13.8 Å². The summed E-state index contributed by atoms with van der Waals surface area (Å²) in [4.78, 5) is 41.0. The zero-order chi connectivity index (χ0) is 18.0. The molecule has 2 heterocycles. The molecule has 25 heavy (non-hydrogen) atoms. The van der Waals surface area contributed by atoms with Crippen LogP contribution in [-0.2, 0) is 16.0 Å². The molecule has 0 aromatic carbocycles. The molecule has 1 aromatic heterocycles. The Morgan fingerprint density at radius 1 is 1.36 bits per heavy atom. The summed E-state index contributed by atoms with van der Waals surface area (Å²) in [5.41, 5.74) is -0.974. The molecule has 1 saturated heterocycles. The zero-order valence-electron chi connectivity index (χ0n) is 14.5. The lowest BCUT2D eigenvalue weighted by Crippen LogP contribution is -2.43. The lowest BCUT2D eigenvalue weighted by molar-refractivity contribution is -0.134. The molecule has 1 aliphatic carbocycles. The second-order valence-corrected chi connectivity index (χ2v) is 7.08. The summed E-state index contributed by atoms with van der Waals surface area (Å²) in [5.74, 6) is 0.783. The highest BCUT2D eigenvalue weighted by atomic mass is 16.5. The predicted molar refractivity (Wildman–Crippen MR) is 86.5 cm³/mol. The third-order valence-corrected chi connectivity index (χ3v) is 4.61. The highest BCUT2D eigenvalue weighted by molar-refractivity contribution is 6.08. The summed E-state index contributed by atoms with van der Waals surface area (Å²) < 4.78 is 5.29. The van der Waals surface area contributed by atoms with E-state index in [1.807, 2.05) is 0 Å². The van der Waals surface area contributed by atoms with Crippen LogP contribution in [0.3, 0.4) is 0 Å². The van der Waals surface area contributed by atoms with Gasteiger partial charge in [-0.3, -0.25) is 14.5 Å². The molecule has 4 amide bonds. The molecule has 3 rings (SSSR count). The van der Waals surface area contributed by atoms with E-state index in [-0.39, 0.29) is 6.54 Å². The van der Waals surface area contributed by atoms with Crippen molar-refractivity contribution in [3.05, 3.63) is 11.7 Å². The van der Waals surface area contributed by atoms with Crippen LogP contribution in [-0.4, -0.2) is 51.5 Å². The van der Waals surface area contributed by atoms with E-state index in [4.69, 9.17) is 4.52 Å². The molecule has 1 aromatic rings. The topological polar surface area (TPSA) is 117 Å². The lowest BCUT2D eigenvalue weighted by atomic mass is 10.1. The fourth-order valence-electron chi connectivity index (χ4n) is 3.18. The summed E-state index contributed by atoms with van der Waals surface area (Å²) in [6, 6.07) is -0.551.